The van der Waals surface area contributed by atoms with E-state index in [4.69, 9.17) is 9.90 Å². The Hall–Kier alpha value is -2.92. The Labute approximate surface area is 189 Å². The van der Waals surface area contributed by atoms with Crippen molar-refractivity contribution in [3.8, 4) is 5.69 Å². The molecular formula is C22H28F3N5O3. The van der Waals surface area contributed by atoms with E-state index in [2.05, 4.69) is 50.6 Å². The summed E-state index contributed by atoms with van der Waals surface area (Å²) in [5.74, 6) is -1.63. The third-order valence-corrected chi connectivity index (χ3v) is 6.26. The molecule has 2 aliphatic heterocycles. The van der Waals surface area contributed by atoms with E-state index in [9.17, 15) is 18.0 Å². The predicted molar refractivity (Wildman–Crippen MR) is 115 cm³/mol. The monoisotopic (exact) mass is 467 g/mol. The smallest absolute Gasteiger partial charge is 0.475 e. The molecule has 2 fully saturated rings. The molecule has 1 atom stereocenters. The largest absolute Gasteiger partial charge is 0.490 e. The van der Waals surface area contributed by atoms with Gasteiger partial charge in [-0.15, -0.1) is 0 Å². The van der Waals surface area contributed by atoms with Crippen molar-refractivity contribution in [2.75, 3.05) is 19.6 Å². The van der Waals surface area contributed by atoms with Crippen LogP contribution < -0.4 is 16.0 Å². The maximum absolute atomic E-state index is 12.4. The number of carbonyl (C=O) groups excluding carboxylic acids is 1. The highest BCUT2D eigenvalue weighted by molar-refractivity contribution is 5.85. The van der Waals surface area contributed by atoms with Gasteiger partial charge in [0.15, 0.2) is 0 Å². The average molecular weight is 467 g/mol. The quantitative estimate of drug-likeness (QED) is 0.549. The number of hydrogen-bond donors (Lipinski definition) is 4. The van der Waals surface area contributed by atoms with Crippen LogP contribution in [0.4, 0.5) is 13.2 Å². The molecule has 180 valence electrons. The van der Waals surface area contributed by atoms with Crippen LogP contribution in [0.1, 0.15) is 29.8 Å². The first-order chi connectivity index (χ1) is 15.5. The number of hydrogen-bond acceptors (Lipinski definition) is 5. The number of aromatic nitrogens is 2. The van der Waals surface area contributed by atoms with Gasteiger partial charge in [0, 0.05) is 36.6 Å². The number of aryl methyl sites for hydroxylation is 2. The van der Waals surface area contributed by atoms with Crippen LogP contribution in [0.2, 0.25) is 0 Å². The van der Waals surface area contributed by atoms with Crippen LogP contribution in [0.5, 0.6) is 0 Å². The van der Waals surface area contributed by atoms with Crippen LogP contribution in [0.3, 0.4) is 0 Å². The minimum atomic E-state index is -5.08. The number of alkyl halides is 3. The minimum Gasteiger partial charge on any atom is -0.475 e. The molecule has 4 N–H and O–H groups in total. The van der Waals surface area contributed by atoms with Crippen LogP contribution in [0.15, 0.2) is 30.6 Å². The second kappa shape index (κ2) is 9.92. The first kappa shape index (κ1) is 24.7. The Bertz CT molecular complexity index is 999. The van der Waals surface area contributed by atoms with E-state index in [1.807, 2.05) is 19.3 Å². The topological polar surface area (TPSA) is 108 Å². The number of benzene rings is 1. The highest BCUT2D eigenvalue weighted by Gasteiger charge is 2.48. The molecule has 0 radical (unpaired) electrons. The molecule has 1 spiro atoms. The second-order valence-corrected chi connectivity index (χ2v) is 8.40. The number of halogens is 3. The number of nitrogens with one attached hydrogen (secondary N) is 3. The summed E-state index contributed by atoms with van der Waals surface area (Å²) in [6.45, 7) is 7.62. The second-order valence-electron chi connectivity index (χ2n) is 8.40. The number of aliphatic carboxylic acids is 1. The highest BCUT2D eigenvalue weighted by atomic mass is 19.4. The van der Waals surface area contributed by atoms with Crippen molar-refractivity contribution in [3.63, 3.8) is 0 Å². The number of piperidine rings is 1. The van der Waals surface area contributed by atoms with Gasteiger partial charge in [-0.2, -0.15) is 13.2 Å². The van der Waals surface area contributed by atoms with Gasteiger partial charge in [0.05, 0.1) is 6.04 Å². The van der Waals surface area contributed by atoms with Gasteiger partial charge in [-0.1, -0.05) is 6.07 Å². The zero-order chi connectivity index (χ0) is 24.2. The molecule has 1 aromatic heterocycles. The van der Waals surface area contributed by atoms with E-state index >= 15 is 0 Å². The van der Waals surface area contributed by atoms with Crippen molar-refractivity contribution >= 4 is 11.9 Å². The fourth-order valence-electron chi connectivity index (χ4n) is 4.34. The summed E-state index contributed by atoms with van der Waals surface area (Å²) in [5, 5.41) is 17.2. The maximum atomic E-state index is 12.4. The summed E-state index contributed by atoms with van der Waals surface area (Å²) in [5.41, 5.74) is 3.63. The standard InChI is InChI=1S/C20H27N5O.C2HF3O2/c1-14-11-17(25-10-9-22-15(25)2)4-3-16(14)12-23-18-19(26)24-13-20(18)5-7-21-8-6-20;3-2(4,5)1(6)7/h3-4,9-11,18,21,23H,5-8,12-13H2,1-2H3,(H,24,26);(H,6,7). The van der Waals surface area contributed by atoms with E-state index in [0.717, 1.165) is 44.0 Å². The Morgan fingerprint density at radius 3 is 2.52 bits per heavy atom. The summed E-state index contributed by atoms with van der Waals surface area (Å²) < 4.78 is 33.8. The molecule has 4 rings (SSSR count). The van der Waals surface area contributed by atoms with Gasteiger partial charge in [-0.25, -0.2) is 9.78 Å². The predicted octanol–water partition coefficient (Wildman–Crippen LogP) is 2.08. The van der Waals surface area contributed by atoms with E-state index in [0.29, 0.717) is 6.54 Å². The molecule has 0 bridgehead atoms. The Kier molecular flexibility index (Phi) is 7.43. The minimum absolute atomic E-state index is 0.0596. The Morgan fingerprint density at radius 1 is 1.30 bits per heavy atom. The van der Waals surface area contributed by atoms with Crippen LogP contribution in [0, 0.1) is 19.3 Å². The molecule has 11 heteroatoms. The van der Waals surface area contributed by atoms with Gasteiger partial charge < -0.3 is 25.6 Å². The lowest BCUT2D eigenvalue weighted by atomic mass is 9.74. The Balaban J connectivity index is 0.000000383. The number of rotatable bonds is 4. The van der Waals surface area contributed by atoms with Gasteiger partial charge in [0.1, 0.15) is 5.82 Å². The molecule has 0 saturated carbocycles. The van der Waals surface area contributed by atoms with E-state index in [-0.39, 0.29) is 17.4 Å². The number of carbonyl (C=O) groups is 2. The summed E-state index contributed by atoms with van der Waals surface area (Å²) in [4.78, 5) is 25.6. The molecular weight excluding hydrogens is 439 g/mol. The summed E-state index contributed by atoms with van der Waals surface area (Å²) in [6, 6.07) is 6.35. The summed E-state index contributed by atoms with van der Waals surface area (Å²) >= 11 is 0. The zero-order valence-electron chi connectivity index (χ0n) is 18.5. The fourth-order valence-corrected chi connectivity index (χ4v) is 4.34. The average Bonchev–Trinajstić information content (AvgIpc) is 3.31. The molecule has 1 unspecified atom stereocenters. The molecule has 1 aromatic carbocycles. The number of imidazole rings is 1. The molecule has 2 aliphatic rings. The third kappa shape index (κ3) is 5.72. The van der Waals surface area contributed by atoms with Crippen molar-refractivity contribution in [2.45, 2.75) is 45.5 Å². The van der Waals surface area contributed by atoms with Crippen LogP contribution in [-0.2, 0) is 16.1 Å². The third-order valence-electron chi connectivity index (χ3n) is 6.26. The molecule has 0 aliphatic carbocycles. The highest BCUT2D eigenvalue weighted by Crippen LogP contribution is 2.36. The molecule has 8 nitrogen and oxygen atoms in total. The van der Waals surface area contributed by atoms with E-state index < -0.39 is 12.1 Å². The Morgan fingerprint density at radius 2 is 1.97 bits per heavy atom. The normalized spacial score (nSPS) is 19.7. The zero-order valence-corrected chi connectivity index (χ0v) is 18.5. The number of amides is 1. The molecule has 3 heterocycles. The lowest BCUT2D eigenvalue weighted by molar-refractivity contribution is -0.192. The molecule has 2 saturated heterocycles. The van der Waals surface area contributed by atoms with Crippen molar-refractivity contribution in [1.82, 2.24) is 25.5 Å². The lowest BCUT2D eigenvalue weighted by Gasteiger charge is -2.37. The summed E-state index contributed by atoms with van der Waals surface area (Å²) in [6.07, 6.45) is 0.797. The van der Waals surface area contributed by atoms with Crippen LogP contribution in [-0.4, -0.2) is 58.4 Å². The lowest BCUT2D eigenvalue weighted by Crippen LogP contribution is -2.51. The van der Waals surface area contributed by atoms with Crippen molar-refractivity contribution in [3.05, 3.63) is 47.5 Å². The number of carboxylic acid groups (broad SMARTS) is 1. The van der Waals surface area contributed by atoms with E-state index in [1.165, 1.54) is 11.1 Å². The number of carboxylic acids is 1. The number of nitrogens with zero attached hydrogens (tertiary/aromatic N) is 2. The first-order valence-electron chi connectivity index (χ1n) is 10.7. The van der Waals surface area contributed by atoms with Gasteiger partial charge in [0.25, 0.3) is 0 Å². The molecule has 33 heavy (non-hydrogen) atoms. The van der Waals surface area contributed by atoms with Crippen molar-refractivity contribution in [2.24, 2.45) is 5.41 Å². The van der Waals surface area contributed by atoms with Gasteiger partial charge in [-0.3, -0.25) is 4.79 Å². The van der Waals surface area contributed by atoms with Gasteiger partial charge in [0.2, 0.25) is 5.91 Å². The van der Waals surface area contributed by atoms with Crippen molar-refractivity contribution in [1.29, 1.82) is 0 Å². The maximum Gasteiger partial charge on any atom is 0.490 e. The molecule has 2 aromatic rings. The summed E-state index contributed by atoms with van der Waals surface area (Å²) in [7, 11) is 0. The van der Waals surface area contributed by atoms with Gasteiger partial charge in [-0.05, 0) is 63.0 Å². The van der Waals surface area contributed by atoms with Gasteiger partial charge >= 0.3 is 12.1 Å². The fraction of sp³-hybridized carbons (Fsp3) is 0.500. The van der Waals surface area contributed by atoms with Crippen molar-refractivity contribution < 1.29 is 27.9 Å². The van der Waals surface area contributed by atoms with Crippen LogP contribution >= 0.6 is 0 Å². The first-order valence-corrected chi connectivity index (χ1v) is 10.7. The SMILES string of the molecule is Cc1cc(-n2ccnc2C)ccc1CNC1C(=O)NCC12CCNCC2.O=C(O)C(F)(F)F. The van der Waals surface area contributed by atoms with E-state index in [1.54, 1.807) is 0 Å². The van der Waals surface area contributed by atoms with Crippen LogP contribution in [0.25, 0.3) is 5.69 Å². The molecule has 1 amide bonds.